The van der Waals surface area contributed by atoms with Crippen LogP contribution in [0.5, 0.6) is 0 Å². The zero-order valence-corrected chi connectivity index (χ0v) is 19.0. The molecule has 0 unspecified atom stereocenters. The molecule has 0 N–H and O–H groups in total. The van der Waals surface area contributed by atoms with E-state index in [1.165, 1.54) is 17.5 Å². The van der Waals surface area contributed by atoms with E-state index in [-0.39, 0.29) is 6.10 Å². The monoisotopic (exact) mass is 444 g/mol. The Morgan fingerprint density at radius 1 is 1.03 bits per heavy atom. The first kappa shape index (κ1) is 21.6. The molecule has 1 fully saturated rings. The fourth-order valence-corrected chi connectivity index (χ4v) is 4.10. The van der Waals surface area contributed by atoms with Gasteiger partial charge in [0.15, 0.2) is 0 Å². The minimum Gasteiger partial charge on any atom is -0.381 e. The highest BCUT2D eigenvalue weighted by atomic mass is 16.5. The van der Waals surface area contributed by atoms with Gasteiger partial charge in [0.25, 0.3) is 0 Å². The molecule has 0 amide bonds. The molecule has 7 heteroatoms. The van der Waals surface area contributed by atoms with Gasteiger partial charge in [0.05, 0.1) is 24.9 Å². The van der Waals surface area contributed by atoms with E-state index in [9.17, 15) is 0 Å². The number of hydrogen-bond donors (Lipinski definition) is 0. The Labute approximate surface area is 193 Å². The summed E-state index contributed by atoms with van der Waals surface area (Å²) in [5.74, 6) is 0.559. The molecule has 0 radical (unpaired) electrons. The summed E-state index contributed by atoms with van der Waals surface area (Å²) in [5.41, 5.74) is 7.50. The third kappa shape index (κ3) is 5.05. The van der Waals surface area contributed by atoms with Gasteiger partial charge in [0, 0.05) is 30.0 Å². The van der Waals surface area contributed by atoms with E-state index in [1.807, 2.05) is 10.7 Å². The molecule has 0 bridgehead atoms. The fourth-order valence-electron chi connectivity index (χ4n) is 4.10. The van der Waals surface area contributed by atoms with Gasteiger partial charge in [-0.05, 0) is 49.9 Å². The van der Waals surface area contributed by atoms with Crippen molar-refractivity contribution in [2.24, 2.45) is 0 Å². The molecule has 0 spiro atoms. The molecular formula is C26H28N4O3. The Hall–Kier alpha value is -3.29. The summed E-state index contributed by atoms with van der Waals surface area (Å²) in [6.45, 7) is 6.96. The average molecular weight is 445 g/mol. The van der Waals surface area contributed by atoms with Crippen LogP contribution in [0.4, 0.5) is 0 Å². The Kier molecular flexibility index (Phi) is 6.32. The maximum absolute atomic E-state index is 6.24. The lowest BCUT2D eigenvalue weighted by Crippen LogP contribution is -2.23. The fraction of sp³-hybridized carbons (Fsp3) is 0.346. The smallest absolute Gasteiger partial charge is 0.214 e. The number of rotatable bonds is 7. The van der Waals surface area contributed by atoms with E-state index in [0.29, 0.717) is 12.4 Å². The van der Waals surface area contributed by atoms with E-state index in [1.54, 1.807) is 0 Å². The molecule has 1 saturated heterocycles. The summed E-state index contributed by atoms with van der Waals surface area (Å²) in [6.07, 6.45) is 3.43. The topological polar surface area (TPSA) is 75.2 Å². The molecule has 7 nitrogen and oxygen atoms in total. The third-order valence-corrected chi connectivity index (χ3v) is 6.08. The molecule has 2 aromatic heterocycles. The van der Waals surface area contributed by atoms with E-state index in [2.05, 4.69) is 66.5 Å². The van der Waals surface area contributed by atoms with E-state index in [4.69, 9.17) is 19.1 Å². The van der Waals surface area contributed by atoms with Crippen molar-refractivity contribution in [3.05, 3.63) is 77.3 Å². The quantitative estimate of drug-likeness (QED) is 0.401. The molecule has 2 aromatic carbocycles. The Morgan fingerprint density at radius 2 is 1.85 bits per heavy atom. The predicted molar refractivity (Wildman–Crippen MR) is 125 cm³/mol. The van der Waals surface area contributed by atoms with Crippen LogP contribution in [0.3, 0.4) is 0 Å². The largest absolute Gasteiger partial charge is 0.381 e. The van der Waals surface area contributed by atoms with Gasteiger partial charge < -0.3 is 14.0 Å². The Bertz CT molecular complexity index is 1190. The van der Waals surface area contributed by atoms with Crippen LogP contribution < -0.4 is 0 Å². The molecule has 1 aliphatic rings. The summed E-state index contributed by atoms with van der Waals surface area (Å²) in [7, 11) is 0. The second-order valence-electron chi connectivity index (χ2n) is 8.56. The summed E-state index contributed by atoms with van der Waals surface area (Å²) in [4.78, 5) is 4.21. The summed E-state index contributed by atoms with van der Waals surface area (Å²) >= 11 is 0. The first-order chi connectivity index (χ1) is 16.2. The van der Waals surface area contributed by atoms with E-state index in [0.717, 1.165) is 60.7 Å². The lowest BCUT2D eigenvalue weighted by Gasteiger charge is -2.23. The van der Waals surface area contributed by atoms with Crippen LogP contribution in [0.15, 0.2) is 59.4 Å². The van der Waals surface area contributed by atoms with Gasteiger partial charge in [0.2, 0.25) is 12.2 Å². The second kappa shape index (κ2) is 9.68. The maximum Gasteiger partial charge on any atom is 0.214 e. The van der Waals surface area contributed by atoms with Crippen LogP contribution in [0, 0.1) is 13.8 Å². The van der Waals surface area contributed by atoms with E-state index < -0.39 is 0 Å². The lowest BCUT2D eigenvalue weighted by molar-refractivity contribution is -0.0389. The summed E-state index contributed by atoms with van der Waals surface area (Å²) in [6, 6.07) is 16.9. The number of nitrogens with zero attached hydrogens (tertiary/aromatic N) is 4. The van der Waals surface area contributed by atoms with Crippen molar-refractivity contribution in [2.75, 3.05) is 13.2 Å². The van der Waals surface area contributed by atoms with Gasteiger partial charge in [-0.1, -0.05) is 47.1 Å². The molecule has 4 aromatic rings. The molecule has 3 heterocycles. The van der Waals surface area contributed by atoms with Gasteiger partial charge in [-0.2, -0.15) is 10.1 Å². The second-order valence-corrected chi connectivity index (χ2v) is 8.56. The molecule has 170 valence electrons. The number of ether oxygens (including phenoxy) is 2. The number of aromatic nitrogens is 4. The molecule has 1 aliphatic heterocycles. The van der Waals surface area contributed by atoms with Crippen LogP contribution in [-0.4, -0.2) is 39.2 Å². The van der Waals surface area contributed by atoms with Crippen LogP contribution >= 0.6 is 0 Å². The molecule has 0 saturated carbocycles. The van der Waals surface area contributed by atoms with Crippen LogP contribution in [-0.2, 0) is 22.6 Å². The maximum atomic E-state index is 6.24. The first-order valence-electron chi connectivity index (χ1n) is 11.3. The number of aryl methyl sites for hydroxylation is 2. The van der Waals surface area contributed by atoms with Crippen LogP contribution in [0.25, 0.3) is 22.6 Å². The zero-order valence-electron chi connectivity index (χ0n) is 19.0. The van der Waals surface area contributed by atoms with Crippen LogP contribution in [0.1, 0.15) is 35.2 Å². The van der Waals surface area contributed by atoms with E-state index >= 15 is 0 Å². The number of benzene rings is 2. The van der Waals surface area contributed by atoms with Gasteiger partial charge in [-0.3, -0.25) is 4.68 Å². The van der Waals surface area contributed by atoms with Crippen molar-refractivity contribution in [2.45, 2.75) is 45.9 Å². The molecular weight excluding hydrogens is 416 g/mol. The van der Waals surface area contributed by atoms with Crippen LogP contribution in [0.2, 0.25) is 0 Å². The highest BCUT2D eigenvalue weighted by Gasteiger charge is 2.18. The highest BCUT2D eigenvalue weighted by Crippen LogP contribution is 2.30. The molecule has 0 aliphatic carbocycles. The van der Waals surface area contributed by atoms with Gasteiger partial charge in [-0.15, -0.1) is 0 Å². The van der Waals surface area contributed by atoms with Crippen molar-refractivity contribution in [3.63, 3.8) is 0 Å². The third-order valence-electron chi connectivity index (χ3n) is 6.08. The average Bonchev–Trinajstić information content (AvgIpc) is 3.50. The van der Waals surface area contributed by atoms with Crippen molar-refractivity contribution in [1.82, 2.24) is 19.9 Å². The van der Waals surface area contributed by atoms with Gasteiger partial charge >= 0.3 is 0 Å². The SMILES string of the molecule is Cc1ccc(Cn2nc(-c3cc(-c4ncon4)ccc3COC3CCOCC3)cc2C)cc1. The predicted octanol–water partition coefficient (Wildman–Crippen LogP) is 4.96. The standard InChI is InChI=1S/C26H28N4O3/c1-18-3-5-20(6-4-18)15-30-19(2)13-25(28-30)24-14-21(26-27-17-33-29-26)7-8-22(24)16-32-23-9-11-31-12-10-23/h3-8,13-14,17,23H,9-12,15-16H2,1-2H3. The Balaban J connectivity index is 1.45. The van der Waals surface area contributed by atoms with Crippen molar-refractivity contribution >= 4 is 0 Å². The zero-order chi connectivity index (χ0) is 22.6. The van der Waals surface area contributed by atoms with Gasteiger partial charge in [-0.25, -0.2) is 0 Å². The molecule has 5 rings (SSSR count). The minimum atomic E-state index is 0.226. The Morgan fingerprint density at radius 3 is 2.61 bits per heavy atom. The lowest BCUT2D eigenvalue weighted by atomic mass is 10.0. The summed E-state index contributed by atoms with van der Waals surface area (Å²) in [5, 5.41) is 8.95. The summed E-state index contributed by atoms with van der Waals surface area (Å²) < 4.78 is 18.7. The molecule has 33 heavy (non-hydrogen) atoms. The highest BCUT2D eigenvalue weighted by molar-refractivity contribution is 5.71. The molecule has 0 atom stereocenters. The van der Waals surface area contributed by atoms with Crippen molar-refractivity contribution in [3.8, 4) is 22.6 Å². The van der Waals surface area contributed by atoms with Crippen molar-refractivity contribution < 1.29 is 14.0 Å². The van der Waals surface area contributed by atoms with Crippen molar-refractivity contribution in [1.29, 1.82) is 0 Å². The van der Waals surface area contributed by atoms with Gasteiger partial charge in [0.1, 0.15) is 0 Å². The minimum absolute atomic E-state index is 0.226. The normalized spacial score (nSPS) is 14.6. The number of hydrogen-bond acceptors (Lipinski definition) is 6. The first-order valence-corrected chi connectivity index (χ1v) is 11.3.